The third kappa shape index (κ3) is 4.67. The van der Waals surface area contributed by atoms with E-state index >= 15 is 0 Å². The van der Waals surface area contributed by atoms with Crippen LogP contribution in [0, 0.1) is 13.8 Å². The molecule has 2 aromatic carbocycles. The van der Waals surface area contributed by atoms with Crippen LogP contribution in [0.5, 0.6) is 0 Å². The second-order valence-electron chi connectivity index (χ2n) is 6.47. The van der Waals surface area contributed by atoms with Crippen LogP contribution in [0.3, 0.4) is 0 Å². The summed E-state index contributed by atoms with van der Waals surface area (Å²) in [7, 11) is 0. The summed E-state index contributed by atoms with van der Waals surface area (Å²) in [4.78, 5) is 24.5. The van der Waals surface area contributed by atoms with E-state index in [0.717, 1.165) is 23.3 Å². The topological polar surface area (TPSA) is 52.6 Å². The normalized spacial score (nSPS) is 19.2. The predicted octanol–water partition coefficient (Wildman–Crippen LogP) is 4.19. The Hall–Kier alpha value is -2.27. The number of hydrogen-bond acceptors (Lipinski definition) is 5. The van der Waals surface area contributed by atoms with Crippen LogP contribution in [0.25, 0.3) is 0 Å². The van der Waals surface area contributed by atoms with Gasteiger partial charge < -0.3 is 9.47 Å². The van der Waals surface area contributed by atoms with Crippen LogP contribution in [-0.4, -0.2) is 35.7 Å². The van der Waals surface area contributed by atoms with Crippen LogP contribution in [-0.2, 0) is 9.47 Å². The van der Waals surface area contributed by atoms with Gasteiger partial charge in [-0.25, -0.2) is 9.59 Å². The zero-order valence-electron chi connectivity index (χ0n) is 14.9. The predicted molar refractivity (Wildman–Crippen MR) is 103 cm³/mol. The van der Waals surface area contributed by atoms with Crippen molar-refractivity contribution in [2.75, 3.05) is 12.4 Å². The molecule has 136 valence electrons. The van der Waals surface area contributed by atoms with Crippen molar-refractivity contribution in [2.24, 2.45) is 0 Å². The van der Waals surface area contributed by atoms with Crippen LogP contribution in [0.15, 0.2) is 48.5 Å². The van der Waals surface area contributed by atoms with Crippen molar-refractivity contribution in [3.63, 3.8) is 0 Å². The molecule has 4 nitrogen and oxygen atoms in total. The van der Waals surface area contributed by atoms with Crippen LogP contribution in [0.2, 0.25) is 0 Å². The maximum atomic E-state index is 12.3. The molecule has 3 rings (SSSR count). The monoisotopic (exact) mass is 370 g/mol. The number of benzene rings is 2. The van der Waals surface area contributed by atoms with Gasteiger partial charge in [0.25, 0.3) is 0 Å². The van der Waals surface area contributed by atoms with E-state index in [1.807, 2.05) is 38.1 Å². The Morgan fingerprint density at radius 3 is 2.04 bits per heavy atom. The molecule has 0 N–H and O–H groups in total. The molecule has 0 aromatic heterocycles. The van der Waals surface area contributed by atoms with Crippen molar-refractivity contribution in [3.8, 4) is 0 Å². The van der Waals surface area contributed by atoms with Crippen molar-refractivity contribution in [2.45, 2.75) is 31.6 Å². The molecule has 1 heterocycles. The molecule has 1 aliphatic heterocycles. The molecular weight excluding hydrogens is 348 g/mol. The summed E-state index contributed by atoms with van der Waals surface area (Å²) in [6.45, 7) is 4.18. The average Bonchev–Trinajstić information content (AvgIpc) is 3.08. The average molecular weight is 370 g/mol. The van der Waals surface area contributed by atoms with E-state index < -0.39 is 0 Å². The van der Waals surface area contributed by atoms with E-state index in [9.17, 15) is 9.59 Å². The fraction of sp³-hybridized carbons (Fsp3) is 0.333. The molecule has 1 aliphatic rings. The summed E-state index contributed by atoms with van der Waals surface area (Å²) >= 11 is 1.68. The highest BCUT2D eigenvalue weighted by Gasteiger charge is 2.32. The molecule has 0 bridgehead atoms. The molecule has 26 heavy (non-hydrogen) atoms. The Labute approximate surface area is 157 Å². The Kier molecular flexibility index (Phi) is 5.99. The lowest BCUT2D eigenvalue weighted by Gasteiger charge is -2.19. The third-order valence-corrected chi connectivity index (χ3v) is 5.70. The first kappa shape index (κ1) is 18.5. The highest BCUT2D eigenvalue weighted by atomic mass is 32.2. The molecule has 0 radical (unpaired) electrons. The van der Waals surface area contributed by atoms with E-state index in [1.165, 1.54) is 0 Å². The molecular formula is C21H22O4S. The summed E-state index contributed by atoms with van der Waals surface area (Å²) < 4.78 is 11.1. The molecule has 2 aromatic rings. The van der Waals surface area contributed by atoms with Crippen LogP contribution in [0.1, 0.15) is 38.3 Å². The van der Waals surface area contributed by atoms with Crippen molar-refractivity contribution < 1.29 is 19.1 Å². The molecule has 0 spiro atoms. The number of aryl methyl sites for hydroxylation is 2. The summed E-state index contributed by atoms with van der Waals surface area (Å²) in [6, 6.07) is 14.6. The van der Waals surface area contributed by atoms with E-state index in [0.29, 0.717) is 11.1 Å². The number of thioether (sulfide) groups is 1. The van der Waals surface area contributed by atoms with Crippen LogP contribution >= 0.6 is 11.8 Å². The zero-order chi connectivity index (χ0) is 18.5. The van der Waals surface area contributed by atoms with Gasteiger partial charge in [0.2, 0.25) is 0 Å². The van der Waals surface area contributed by atoms with E-state index in [-0.39, 0.29) is 29.9 Å². The van der Waals surface area contributed by atoms with E-state index in [1.54, 1.807) is 36.0 Å². The smallest absolute Gasteiger partial charge is 0.338 e. The largest absolute Gasteiger partial charge is 0.461 e. The lowest BCUT2D eigenvalue weighted by atomic mass is 10.1. The second-order valence-corrected chi connectivity index (χ2v) is 7.82. The number of ether oxygens (including phenoxy) is 2. The van der Waals surface area contributed by atoms with Gasteiger partial charge in [0.1, 0.15) is 12.7 Å². The SMILES string of the molecule is Cc1ccc(C(=O)OC[C@@H]2SCC[C@H]2OC(=O)c2ccc(C)cc2)cc1. The quantitative estimate of drug-likeness (QED) is 0.739. The molecule has 1 saturated heterocycles. The first-order valence-electron chi connectivity index (χ1n) is 8.66. The van der Waals surface area contributed by atoms with Crippen LogP contribution in [0.4, 0.5) is 0 Å². The highest BCUT2D eigenvalue weighted by Crippen LogP contribution is 2.30. The highest BCUT2D eigenvalue weighted by molar-refractivity contribution is 8.00. The summed E-state index contributed by atoms with van der Waals surface area (Å²) in [5.41, 5.74) is 3.27. The fourth-order valence-corrected chi connectivity index (χ4v) is 3.99. The first-order chi connectivity index (χ1) is 12.5. The fourth-order valence-electron chi connectivity index (χ4n) is 2.75. The van der Waals surface area contributed by atoms with Crippen LogP contribution < -0.4 is 0 Å². The Bertz CT molecular complexity index is 768. The molecule has 0 amide bonds. The van der Waals surface area contributed by atoms with Crippen molar-refractivity contribution >= 4 is 23.7 Å². The van der Waals surface area contributed by atoms with Gasteiger partial charge in [0.15, 0.2) is 0 Å². The minimum Gasteiger partial charge on any atom is -0.461 e. The van der Waals surface area contributed by atoms with Gasteiger partial charge in [-0.2, -0.15) is 11.8 Å². The maximum absolute atomic E-state index is 12.3. The van der Waals surface area contributed by atoms with Gasteiger partial charge in [-0.15, -0.1) is 0 Å². The Balaban J connectivity index is 1.54. The minimum absolute atomic E-state index is 0.0289. The number of hydrogen-bond donors (Lipinski definition) is 0. The number of esters is 2. The van der Waals surface area contributed by atoms with Gasteiger partial charge in [-0.05, 0) is 50.3 Å². The molecule has 0 aliphatic carbocycles. The Morgan fingerprint density at radius 2 is 1.46 bits per heavy atom. The number of carbonyl (C=O) groups excluding carboxylic acids is 2. The molecule has 2 atom stereocenters. The van der Waals surface area contributed by atoms with Gasteiger partial charge in [-0.1, -0.05) is 35.4 Å². The lowest BCUT2D eigenvalue weighted by molar-refractivity contribution is 0.0221. The van der Waals surface area contributed by atoms with Gasteiger partial charge in [0.05, 0.1) is 16.4 Å². The molecule has 0 unspecified atom stereocenters. The summed E-state index contributed by atoms with van der Waals surface area (Å²) in [6.07, 6.45) is 0.536. The van der Waals surface area contributed by atoms with Gasteiger partial charge >= 0.3 is 11.9 Å². The maximum Gasteiger partial charge on any atom is 0.338 e. The van der Waals surface area contributed by atoms with Crippen molar-refractivity contribution in [3.05, 3.63) is 70.8 Å². The number of rotatable bonds is 5. The number of carbonyl (C=O) groups is 2. The van der Waals surface area contributed by atoms with Crippen molar-refractivity contribution in [1.82, 2.24) is 0 Å². The summed E-state index contributed by atoms with van der Waals surface area (Å²) in [5.74, 6) is 0.215. The third-order valence-electron chi connectivity index (χ3n) is 4.36. The first-order valence-corrected chi connectivity index (χ1v) is 9.71. The van der Waals surface area contributed by atoms with E-state index in [2.05, 4.69) is 0 Å². The second kappa shape index (κ2) is 8.41. The van der Waals surface area contributed by atoms with Crippen molar-refractivity contribution in [1.29, 1.82) is 0 Å². The Morgan fingerprint density at radius 1 is 0.923 bits per heavy atom. The molecule has 0 saturated carbocycles. The molecule has 5 heteroatoms. The standard InChI is InChI=1S/C21H22O4S/c1-14-3-7-16(8-4-14)20(22)24-13-19-18(11-12-26-19)25-21(23)17-9-5-15(2)6-10-17/h3-10,18-19H,11-13H2,1-2H3/t18-,19+/m1/s1. The summed E-state index contributed by atoms with van der Waals surface area (Å²) in [5, 5.41) is -0.0289. The lowest BCUT2D eigenvalue weighted by Crippen LogP contribution is -2.29. The zero-order valence-corrected chi connectivity index (χ0v) is 15.8. The van der Waals surface area contributed by atoms with Gasteiger partial charge in [0, 0.05) is 0 Å². The minimum atomic E-state index is -0.346. The van der Waals surface area contributed by atoms with Gasteiger partial charge in [-0.3, -0.25) is 0 Å². The van der Waals surface area contributed by atoms with E-state index in [4.69, 9.17) is 9.47 Å². The molecule has 1 fully saturated rings.